The van der Waals surface area contributed by atoms with Crippen LogP contribution in [-0.4, -0.2) is 24.7 Å². The number of aromatic nitrogens is 5. The number of aryl methyl sites for hydroxylation is 2. The molecule has 0 spiro atoms. The molecule has 1 aromatic carbocycles. The summed E-state index contributed by atoms with van der Waals surface area (Å²) in [6.07, 6.45) is 8.91. The minimum Gasteiger partial charge on any atom is -0.368 e. The van der Waals surface area contributed by atoms with Gasteiger partial charge in [0.2, 0.25) is 5.95 Å². The van der Waals surface area contributed by atoms with Crippen LogP contribution in [0.5, 0.6) is 0 Å². The first-order valence-corrected chi connectivity index (χ1v) is 10.2. The zero-order valence-corrected chi connectivity index (χ0v) is 17.2. The molecule has 0 aliphatic heterocycles. The molecule has 3 aromatic heterocycles. The fourth-order valence-electron chi connectivity index (χ4n) is 4.37. The third-order valence-electron chi connectivity index (χ3n) is 6.23. The molecule has 3 heterocycles. The number of anilines is 1. The summed E-state index contributed by atoms with van der Waals surface area (Å²) in [6.45, 7) is 2.00. The largest absolute Gasteiger partial charge is 0.368 e. The Labute approximate surface area is 175 Å². The van der Waals surface area contributed by atoms with Crippen LogP contribution >= 0.6 is 0 Å². The highest BCUT2D eigenvalue weighted by Gasteiger charge is 2.42. The average Bonchev–Trinajstić information content (AvgIpc) is 3.11. The Hall–Kier alpha value is -3.54. The summed E-state index contributed by atoms with van der Waals surface area (Å²) >= 11 is 0. The van der Waals surface area contributed by atoms with Crippen molar-refractivity contribution in [3.8, 4) is 22.4 Å². The molecule has 6 heteroatoms. The van der Waals surface area contributed by atoms with Crippen molar-refractivity contribution in [2.75, 3.05) is 5.73 Å². The topological polar surface area (TPSA) is 82.5 Å². The lowest BCUT2D eigenvalue weighted by Crippen LogP contribution is -2.37. The molecule has 0 radical (unpaired) electrons. The smallest absolute Gasteiger partial charge is 0.219 e. The maximum absolute atomic E-state index is 5.61. The predicted molar refractivity (Wildman–Crippen MR) is 118 cm³/mol. The zero-order chi connectivity index (χ0) is 20.7. The van der Waals surface area contributed by atoms with Gasteiger partial charge in [0, 0.05) is 53.6 Å². The lowest BCUT2D eigenvalue weighted by Gasteiger charge is -2.42. The van der Waals surface area contributed by atoms with Crippen molar-refractivity contribution in [2.45, 2.75) is 31.6 Å². The maximum Gasteiger partial charge on any atom is 0.219 e. The first-order valence-electron chi connectivity index (χ1n) is 10.2. The highest BCUT2D eigenvalue weighted by molar-refractivity contribution is 5.64. The van der Waals surface area contributed by atoms with Crippen LogP contribution in [0.1, 0.15) is 36.2 Å². The lowest BCUT2D eigenvalue weighted by atomic mass is 9.62. The second-order valence-electron chi connectivity index (χ2n) is 8.07. The highest BCUT2D eigenvalue weighted by Crippen LogP contribution is 2.49. The predicted octanol–water partition coefficient (Wildman–Crippen LogP) is 4.30. The number of nitrogens with two attached hydrogens (primary N) is 1. The van der Waals surface area contributed by atoms with Gasteiger partial charge in [0.05, 0.1) is 5.69 Å². The van der Waals surface area contributed by atoms with Crippen LogP contribution in [-0.2, 0) is 12.5 Å². The molecule has 1 saturated carbocycles. The van der Waals surface area contributed by atoms with E-state index < -0.39 is 0 Å². The van der Waals surface area contributed by atoms with Gasteiger partial charge in [0.15, 0.2) is 0 Å². The van der Waals surface area contributed by atoms with Crippen molar-refractivity contribution >= 4 is 5.95 Å². The van der Waals surface area contributed by atoms with Gasteiger partial charge in [-0.2, -0.15) is 5.10 Å². The molecule has 1 aliphatic carbocycles. The Balaban J connectivity index is 1.50. The molecule has 150 valence electrons. The number of hydrogen-bond donors (Lipinski definition) is 1. The molecule has 0 amide bonds. The van der Waals surface area contributed by atoms with Crippen molar-refractivity contribution in [1.29, 1.82) is 0 Å². The summed E-state index contributed by atoms with van der Waals surface area (Å²) in [4.78, 5) is 12.6. The van der Waals surface area contributed by atoms with Gasteiger partial charge < -0.3 is 5.73 Å². The van der Waals surface area contributed by atoms with E-state index in [9.17, 15) is 0 Å². The van der Waals surface area contributed by atoms with Crippen LogP contribution in [0.3, 0.4) is 0 Å². The normalized spacial score (nSPS) is 15.0. The summed E-state index contributed by atoms with van der Waals surface area (Å²) in [6, 6.07) is 15.1. The van der Waals surface area contributed by atoms with Crippen molar-refractivity contribution < 1.29 is 0 Å². The molecule has 2 N–H and O–H groups in total. The standard InChI is InChI=1S/C24H24N6/c1-16-4-5-18(13-26-16)21-12-22(30(2)29-21)24(10-3-11-24)20-8-6-17(7-9-20)19-14-27-23(25)28-15-19/h4-9,12-15H,3,10-11H2,1-2H3,(H2,25,27,28). The van der Waals surface area contributed by atoms with E-state index >= 15 is 0 Å². The van der Waals surface area contributed by atoms with Crippen LogP contribution in [0.2, 0.25) is 0 Å². The second kappa shape index (κ2) is 7.06. The van der Waals surface area contributed by atoms with Crippen molar-refractivity contribution in [2.24, 2.45) is 7.05 Å². The molecule has 1 aliphatic rings. The van der Waals surface area contributed by atoms with Gasteiger partial charge in [-0.05, 0) is 49.1 Å². The van der Waals surface area contributed by atoms with E-state index in [0.29, 0.717) is 5.95 Å². The van der Waals surface area contributed by atoms with Crippen LogP contribution in [0.15, 0.2) is 61.1 Å². The lowest BCUT2D eigenvalue weighted by molar-refractivity contribution is 0.284. The Kier molecular flexibility index (Phi) is 4.35. The van der Waals surface area contributed by atoms with Gasteiger partial charge in [-0.25, -0.2) is 9.97 Å². The first kappa shape index (κ1) is 18.5. The summed E-state index contributed by atoms with van der Waals surface area (Å²) < 4.78 is 2.04. The third-order valence-corrected chi connectivity index (χ3v) is 6.23. The molecular formula is C24H24N6. The zero-order valence-electron chi connectivity index (χ0n) is 17.2. The molecule has 6 nitrogen and oxygen atoms in total. The first-order chi connectivity index (χ1) is 14.5. The van der Waals surface area contributed by atoms with E-state index in [1.807, 2.05) is 30.9 Å². The third kappa shape index (κ3) is 3.05. The molecule has 1 fully saturated rings. The fraction of sp³-hybridized carbons (Fsp3) is 0.250. The van der Waals surface area contributed by atoms with Crippen LogP contribution in [0.4, 0.5) is 5.95 Å². The van der Waals surface area contributed by atoms with Crippen LogP contribution in [0.25, 0.3) is 22.4 Å². The van der Waals surface area contributed by atoms with Crippen molar-refractivity contribution in [1.82, 2.24) is 24.7 Å². The summed E-state index contributed by atoms with van der Waals surface area (Å²) in [7, 11) is 2.04. The summed E-state index contributed by atoms with van der Waals surface area (Å²) in [5.74, 6) is 0.291. The monoisotopic (exact) mass is 396 g/mol. The van der Waals surface area contributed by atoms with Crippen LogP contribution < -0.4 is 5.73 Å². The van der Waals surface area contributed by atoms with E-state index in [4.69, 9.17) is 10.8 Å². The Morgan fingerprint density at radius 1 is 0.867 bits per heavy atom. The minimum absolute atomic E-state index is 0.00821. The highest BCUT2D eigenvalue weighted by atomic mass is 15.3. The number of nitrogens with zero attached hydrogens (tertiary/aromatic N) is 5. The molecule has 0 saturated heterocycles. The molecule has 0 atom stereocenters. The minimum atomic E-state index is 0.00821. The summed E-state index contributed by atoms with van der Waals surface area (Å²) in [5.41, 5.74) is 13.3. The molecule has 0 bridgehead atoms. The molecule has 0 unspecified atom stereocenters. The molecule has 30 heavy (non-hydrogen) atoms. The quantitative estimate of drug-likeness (QED) is 0.556. The molecule has 5 rings (SSSR count). The van der Waals surface area contributed by atoms with Gasteiger partial charge in [-0.15, -0.1) is 0 Å². The average molecular weight is 396 g/mol. The van der Waals surface area contributed by atoms with Gasteiger partial charge in [-0.1, -0.05) is 30.7 Å². The van der Waals surface area contributed by atoms with E-state index in [0.717, 1.165) is 40.9 Å². The Bertz CT molecular complexity index is 1170. The maximum atomic E-state index is 5.61. The van der Waals surface area contributed by atoms with Gasteiger partial charge >= 0.3 is 0 Å². The van der Waals surface area contributed by atoms with Gasteiger partial charge in [0.1, 0.15) is 0 Å². The second-order valence-corrected chi connectivity index (χ2v) is 8.07. The number of rotatable bonds is 4. The fourth-order valence-corrected chi connectivity index (χ4v) is 4.37. The van der Waals surface area contributed by atoms with Crippen LogP contribution in [0, 0.1) is 6.92 Å². The van der Waals surface area contributed by atoms with E-state index in [1.165, 1.54) is 17.7 Å². The molecular weight excluding hydrogens is 372 g/mol. The van der Waals surface area contributed by atoms with Gasteiger partial charge in [-0.3, -0.25) is 9.67 Å². The number of pyridine rings is 1. The van der Waals surface area contributed by atoms with Crippen molar-refractivity contribution in [3.63, 3.8) is 0 Å². The number of nitrogen functional groups attached to an aromatic ring is 1. The van der Waals surface area contributed by atoms with Crippen molar-refractivity contribution in [3.05, 3.63) is 78.0 Å². The van der Waals surface area contributed by atoms with E-state index in [-0.39, 0.29) is 5.41 Å². The Morgan fingerprint density at radius 3 is 2.13 bits per heavy atom. The van der Waals surface area contributed by atoms with E-state index in [2.05, 4.69) is 51.4 Å². The van der Waals surface area contributed by atoms with Gasteiger partial charge in [0.25, 0.3) is 0 Å². The summed E-state index contributed by atoms with van der Waals surface area (Å²) in [5, 5.41) is 4.81. The van der Waals surface area contributed by atoms with E-state index in [1.54, 1.807) is 12.4 Å². The number of benzene rings is 1. The molecule has 4 aromatic rings. The SMILES string of the molecule is Cc1ccc(-c2cc(C3(c4ccc(-c5cnc(N)nc5)cc4)CCC3)n(C)n2)cn1. The number of hydrogen-bond acceptors (Lipinski definition) is 5. The Morgan fingerprint density at radius 2 is 1.53 bits per heavy atom.